The van der Waals surface area contributed by atoms with E-state index in [1.807, 2.05) is 0 Å². The molecule has 5 nitrogen and oxygen atoms in total. The number of carbonyl (C=O) groups is 1. The highest BCUT2D eigenvalue weighted by Crippen LogP contribution is 2.25. The standard InChI is InChI=1S/C15H22N2O3S/c1-20-11-7-8-14(13(16)9-11)17-15(18)10-21(19)12-5-3-2-4-6-12/h7-9,12H,2-6,10,16H2,1H3,(H,17,18). The molecule has 0 bridgehead atoms. The van der Waals surface area contributed by atoms with E-state index in [0.717, 1.165) is 25.7 Å². The number of nitrogen functional groups attached to an aromatic ring is 1. The average Bonchev–Trinajstić information content (AvgIpc) is 2.50. The number of hydrogen-bond acceptors (Lipinski definition) is 4. The summed E-state index contributed by atoms with van der Waals surface area (Å²) in [6.07, 6.45) is 5.37. The molecule has 1 aromatic rings. The number of benzene rings is 1. The van der Waals surface area contributed by atoms with Gasteiger partial charge in [-0.05, 0) is 25.0 Å². The Bertz CT molecular complexity index is 528. The lowest BCUT2D eigenvalue weighted by molar-refractivity contribution is -0.113. The van der Waals surface area contributed by atoms with Crippen molar-refractivity contribution in [1.82, 2.24) is 0 Å². The fraction of sp³-hybridized carbons (Fsp3) is 0.533. The lowest BCUT2D eigenvalue weighted by Crippen LogP contribution is -2.27. The summed E-state index contributed by atoms with van der Waals surface area (Å²) in [7, 11) is 0.456. The monoisotopic (exact) mass is 310 g/mol. The summed E-state index contributed by atoms with van der Waals surface area (Å²) < 4.78 is 17.2. The topological polar surface area (TPSA) is 81.4 Å². The molecule has 0 heterocycles. The number of nitrogens with two attached hydrogens (primary N) is 1. The van der Waals surface area contributed by atoms with Crippen LogP contribution in [0.2, 0.25) is 0 Å². The zero-order chi connectivity index (χ0) is 15.2. The minimum atomic E-state index is -1.10. The second-order valence-corrected chi connectivity index (χ2v) is 7.00. The van der Waals surface area contributed by atoms with E-state index in [9.17, 15) is 9.00 Å². The third-order valence-corrected chi connectivity index (χ3v) is 5.49. The second-order valence-electron chi connectivity index (χ2n) is 5.29. The number of ether oxygens (including phenoxy) is 1. The van der Waals surface area contributed by atoms with Crippen molar-refractivity contribution in [3.8, 4) is 5.75 Å². The van der Waals surface area contributed by atoms with E-state index in [1.165, 1.54) is 6.42 Å². The molecule has 0 spiro atoms. The van der Waals surface area contributed by atoms with Gasteiger partial charge in [-0.15, -0.1) is 0 Å². The highest BCUT2D eigenvalue weighted by atomic mass is 32.2. The molecule has 21 heavy (non-hydrogen) atoms. The summed E-state index contributed by atoms with van der Waals surface area (Å²) in [5.41, 5.74) is 6.81. The molecule has 0 saturated heterocycles. The smallest absolute Gasteiger partial charge is 0.237 e. The normalized spacial score (nSPS) is 17.2. The van der Waals surface area contributed by atoms with Crippen molar-refractivity contribution in [2.24, 2.45) is 0 Å². The van der Waals surface area contributed by atoms with Crippen LogP contribution in [0.4, 0.5) is 11.4 Å². The molecular formula is C15H22N2O3S. The minimum absolute atomic E-state index is 0.0378. The van der Waals surface area contributed by atoms with Gasteiger partial charge in [0.15, 0.2) is 0 Å². The van der Waals surface area contributed by atoms with Gasteiger partial charge in [-0.2, -0.15) is 0 Å². The molecule has 116 valence electrons. The first-order valence-electron chi connectivity index (χ1n) is 7.20. The molecule has 0 aromatic heterocycles. The van der Waals surface area contributed by atoms with Crippen LogP contribution >= 0.6 is 0 Å². The van der Waals surface area contributed by atoms with Crippen LogP contribution in [-0.4, -0.2) is 28.2 Å². The molecule has 0 radical (unpaired) electrons. The summed E-state index contributed by atoms with van der Waals surface area (Å²) in [5.74, 6) is 0.419. The lowest BCUT2D eigenvalue weighted by Gasteiger charge is -2.20. The van der Waals surface area contributed by atoms with Gasteiger partial charge in [0.25, 0.3) is 0 Å². The Hall–Kier alpha value is -1.56. The summed E-state index contributed by atoms with van der Waals surface area (Å²) in [5, 5.41) is 2.88. The first-order chi connectivity index (χ1) is 10.1. The molecule has 1 saturated carbocycles. The fourth-order valence-electron chi connectivity index (χ4n) is 2.54. The Morgan fingerprint density at radius 1 is 1.38 bits per heavy atom. The van der Waals surface area contributed by atoms with Crippen LogP contribution in [0, 0.1) is 0 Å². The van der Waals surface area contributed by atoms with E-state index in [0.29, 0.717) is 17.1 Å². The van der Waals surface area contributed by atoms with Crippen LogP contribution in [0.3, 0.4) is 0 Å². The van der Waals surface area contributed by atoms with E-state index in [4.69, 9.17) is 10.5 Å². The molecular weight excluding hydrogens is 288 g/mol. The number of methoxy groups -OCH3 is 1. The van der Waals surface area contributed by atoms with Gasteiger partial charge in [0.05, 0.1) is 18.5 Å². The van der Waals surface area contributed by atoms with Crippen molar-refractivity contribution in [2.45, 2.75) is 37.4 Å². The number of anilines is 2. The molecule has 1 aliphatic rings. The number of hydrogen-bond donors (Lipinski definition) is 2. The highest BCUT2D eigenvalue weighted by Gasteiger charge is 2.22. The van der Waals surface area contributed by atoms with E-state index in [2.05, 4.69) is 5.32 Å². The lowest BCUT2D eigenvalue weighted by atomic mass is 10.0. The van der Waals surface area contributed by atoms with Gasteiger partial charge in [0.1, 0.15) is 11.5 Å². The van der Waals surface area contributed by atoms with Gasteiger partial charge in [0, 0.05) is 22.1 Å². The van der Waals surface area contributed by atoms with Crippen molar-refractivity contribution >= 4 is 28.1 Å². The molecule has 2 rings (SSSR count). The maximum Gasteiger partial charge on any atom is 0.237 e. The third kappa shape index (κ3) is 4.46. The Labute approximate surface area is 127 Å². The summed E-state index contributed by atoms with van der Waals surface area (Å²) in [6.45, 7) is 0. The summed E-state index contributed by atoms with van der Waals surface area (Å²) in [6, 6.07) is 5.06. The van der Waals surface area contributed by atoms with Crippen LogP contribution in [0.5, 0.6) is 5.75 Å². The predicted octanol–water partition coefficient (Wildman–Crippen LogP) is 2.30. The molecule has 6 heteroatoms. The first-order valence-corrected chi connectivity index (χ1v) is 8.59. The van der Waals surface area contributed by atoms with Crippen molar-refractivity contribution in [3.05, 3.63) is 18.2 Å². The average molecular weight is 310 g/mol. The van der Waals surface area contributed by atoms with Crippen LogP contribution in [0.1, 0.15) is 32.1 Å². The van der Waals surface area contributed by atoms with Gasteiger partial charge in [0.2, 0.25) is 5.91 Å². The Morgan fingerprint density at radius 3 is 2.71 bits per heavy atom. The molecule has 1 atom stereocenters. The summed E-state index contributed by atoms with van der Waals surface area (Å²) in [4.78, 5) is 12.0. The van der Waals surface area contributed by atoms with Crippen molar-refractivity contribution in [2.75, 3.05) is 23.9 Å². The van der Waals surface area contributed by atoms with Gasteiger partial charge in [-0.1, -0.05) is 19.3 Å². The van der Waals surface area contributed by atoms with Gasteiger partial charge < -0.3 is 15.8 Å². The van der Waals surface area contributed by atoms with Gasteiger partial charge >= 0.3 is 0 Å². The second kappa shape index (κ2) is 7.45. The quantitative estimate of drug-likeness (QED) is 0.818. The maximum absolute atomic E-state index is 12.2. The van der Waals surface area contributed by atoms with Gasteiger partial charge in [-0.25, -0.2) is 0 Å². The van der Waals surface area contributed by atoms with E-state index < -0.39 is 10.8 Å². The van der Waals surface area contributed by atoms with E-state index in [1.54, 1.807) is 25.3 Å². The maximum atomic E-state index is 12.2. The molecule has 3 N–H and O–H groups in total. The predicted molar refractivity (Wildman–Crippen MR) is 85.9 cm³/mol. The van der Waals surface area contributed by atoms with Crippen LogP contribution in [0.15, 0.2) is 18.2 Å². The molecule has 0 aliphatic heterocycles. The van der Waals surface area contributed by atoms with E-state index >= 15 is 0 Å². The molecule has 1 unspecified atom stereocenters. The van der Waals surface area contributed by atoms with Crippen molar-refractivity contribution < 1.29 is 13.7 Å². The number of amides is 1. The first kappa shape index (κ1) is 15.8. The van der Waals surface area contributed by atoms with Crippen LogP contribution in [0.25, 0.3) is 0 Å². The highest BCUT2D eigenvalue weighted by molar-refractivity contribution is 7.86. The van der Waals surface area contributed by atoms with Crippen molar-refractivity contribution in [3.63, 3.8) is 0 Å². The zero-order valence-electron chi connectivity index (χ0n) is 12.3. The van der Waals surface area contributed by atoms with Crippen LogP contribution in [-0.2, 0) is 15.6 Å². The Kier molecular flexibility index (Phi) is 5.61. The molecule has 1 aliphatic carbocycles. The van der Waals surface area contributed by atoms with Gasteiger partial charge in [-0.3, -0.25) is 9.00 Å². The number of carbonyl (C=O) groups excluding carboxylic acids is 1. The molecule has 1 aromatic carbocycles. The Balaban J connectivity index is 1.90. The van der Waals surface area contributed by atoms with Crippen molar-refractivity contribution in [1.29, 1.82) is 0 Å². The fourth-order valence-corrected chi connectivity index (χ4v) is 3.97. The largest absolute Gasteiger partial charge is 0.497 e. The minimum Gasteiger partial charge on any atom is -0.497 e. The Morgan fingerprint density at radius 2 is 2.10 bits per heavy atom. The third-order valence-electron chi connectivity index (χ3n) is 3.73. The number of nitrogens with one attached hydrogen (secondary N) is 1. The zero-order valence-corrected chi connectivity index (χ0v) is 13.1. The SMILES string of the molecule is COc1ccc(NC(=O)CS(=O)C2CCCCC2)c(N)c1. The number of rotatable bonds is 5. The summed E-state index contributed by atoms with van der Waals surface area (Å²) >= 11 is 0. The van der Waals surface area contributed by atoms with E-state index in [-0.39, 0.29) is 16.9 Å². The molecule has 1 fully saturated rings. The molecule has 1 amide bonds. The van der Waals surface area contributed by atoms with Crippen LogP contribution < -0.4 is 15.8 Å².